The molecule has 0 saturated heterocycles. The average Bonchev–Trinajstić information content (AvgIpc) is 3.16. The molecule has 0 N–H and O–H groups in total. The van der Waals surface area contributed by atoms with E-state index >= 15 is 0 Å². The van der Waals surface area contributed by atoms with Crippen LogP contribution in [0, 0.1) is 3.57 Å². The number of rotatable bonds is 5. The molecule has 0 amide bonds. The largest absolute Gasteiger partial charge is 0.493 e. The van der Waals surface area contributed by atoms with E-state index in [-0.39, 0.29) is 17.3 Å². The molecule has 0 bridgehead atoms. The number of methoxy groups -OCH3 is 1. The number of halogens is 3. The fourth-order valence-corrected chi connectivity index (χ4v) is 4.07. The molecule has 0 aliphatic carbocycles. The van der Waals surface area contributed by atoms with Gasteiger partial charge in [-0.15, -0.1) is 0 Å². The van der Waals surface area contributed by atoms with Gasteiger partial charge >= 0.3 is 11.9 Å². The summed E-state index contributed by atoms with van der Waals surface area (Å²) in [5.74, 6) is -0.265. The summed E-state index contributed by atoms with van der Waals surface area (Å²) >= 11 is 11.3. The van der Waals surface area contributed by atoms with Gasteiger partial charge in [0.2, 0.25) is 5.90 Å². The molecule has 0 fully saturated rings. The van der Waals surface area contributed by atoms with Crippen molar-refractivity contribution in [3.05, 3.63) is 96.1 Å². The first kappa shape index (κ1) is 23.5. The van der Waals surface area contributed by atoms with E-state index in [9.17, 15) is 9.59 Å². The molecule has 9 heteroatoms. The van der Waals surface area contributed by atoms with Crippen LogP contribution in [0.2, 0.25) is 5.02 Å². The molecule has 0 radical (unpaired) electrons. The molecular formula is C24H14BrClINO5. The fourth-order valence-electron chi connectivity index (χ4n) is 2.94. The first-order chi connectivity index (χ1) is 15.8. The maximum atomic E-state index is 12.5. The third-order valence-corrected chi connectivity index (χ3v) is 6.12. The minimum Gasteiger partial charge on any atom is -0.493 e. The summed E-state index contributed by atoms with van der Waals surface area (Å²) in [5.41, 5.74) is 1.82. The monoisotopic (exact) mass is 637 g/mol. The molecule has 0 saturated carbocycles. The Balaban J connectivity index is 1.61. The second kappa shape index (κ2) is 10.1. The number of aliphatic imine (C=N–C) groups is 1. The molecule has 33 heavy (non-hydrogen) atoms. The summed E-state index contributed by atoms with van der Waals surface area (Å²) in [6.45, 7) is 0. The number of benzene rings is 3. The zero-order valence-electron chi connectivity index (χ0n) is 17.0. The van der Waals surface area contributed by atoms with E-state index in [0.717, 1.165) is 4.47 Å². The van der Waals surface area contributed by atoms with Crippen molar-refractivity contribution in [3.63, 3.8) is 0 Å². The van der Waals surface area contributed by atoms with Gasteiger partial charge in [-0.2, -0.15) is 0 Å². The van der Waals surface area contributed by atoms with Crippen molar-refractivity contribution in [3.8, 4) is 11.5 Å². The van der Waals surface area contributed by atoms with Crippen molar-refractivity contribution in [1.29, 1.82) is 0 Å². The number of carbonyl (C=O) groups excluding carboxylic acids is 2. The summed E-state index contributed by atoms with van der Waals surface area (Å²) in [7, 11) is 1.47. The van der Waals surface area contributed by atoms with Gasteiger partial charge in [0, 0.05) is 15.1 Å². The highest BCUT2D eigenvalue weighted by atomic mass is 127. The van der Waals surface area contributed by atoms with E-state index in [0.29, 0.717) is 31.0 Å². The smallest absolute Gasteiger partial charge is 0.363 e. The number of hydrogen-bond acceptors (Lipinski definition) is 6. The van der Waals surface area contributed by atoms with Crippen molar-refractivity contribution < 1.29 is 23.8 Å². The zero-order valence-corrected chi connectivity index (χ0v) is 21.5. The highest BCUT2D eigenvalue weighted by Crippen LogP contribution is 2.35. The average molecular weight is 639 g/mol. The summed E-state index contributed by atoms with van der Waals surface area (Å²) in [4.78, 5) is 29.2. The lowest BCUT2D eigenvalue weighted by atomic mass is 10.1. The standard InChI is InChI=1S/C24H14BrClINO5/c1-31-20-12-13(10-18(27)21(20)32-23(29)15-4-8-17(26)9-5-15)11-19-24(30)33-22(28-19)14-2-6-16(25)7-3-14/h2-12H,1H3/b19-11-. The van der Waals surface area contributed by atoms with Gasteiger partial charge in [0.1, 0.15) is 0 Å². The quantitative estimate of drug-likeness (QED) is 0.142. The van der Waals surface area contributed by atoms with Crippen LogP contribution in [0.3, 0.4) is 0 Å². The Bertz CT molecular complexity index is 1300. The van der Waals surface area contributed by atoms with Gasteiger partial charge in [0.25, 0.3) is 0 Å². The van der Waals surface area contributed by atoms with E-state index in [2.05, 4.69) is 20.9 Å². The number of esters is 2. The second-order valence-corrected chi connectivity index (χ2v) is 9.29. The first-order valence-electron chi connectivity index (χ1n) is 9.48. The topological polar surface area (TPSA) is 74.2 Å². The van der Waals surface area contributed by atoms with Crippen LogP contribution in [-0.4, -0.2) is 24.9 Å². The number of ether oxygens (including phenoxy) is 3. The molecule has 3 aromatic carbocycles. The molecule has 0 unspecified atom stereocenters. The molecule has 166 valence electrons. The third-order valence-electron chi connectivity index (χ3n) is 4.54. The molecule has 3 aromatic rings. The Kier molecular flexibility index (Phi) is 7.16. The van der Waals surface area contributed by atoms with Gasteiger partial charge in [-0.1, -0.05) is 27.5 Å². The zero-order chi connectivity index (χ0) is 23.5. The van der Waals surface area contributed by atoms with E-state index in [1.807, 2.05) is 34.7 Å². The molecule has 6 nitrogen and oxygen atoms in total. The maximum Gasteiger partial charge on any atom is 0.363 e. The van der Waals surface area contributed by atoms with Gasteiger partial charge in [-0.25, -0.2) is 14.6 Å². The van der Waals surface area contributed by atoms with Gasteiger partial charge in [0.05, 0.1) is 16.2 Å². The molecule has 1 aliphatic heterocycles. The van der Waals surface area contributed by atoms with Gasteiger partial charge in [-0.3, -0.25) is 0 Å². The van der Waals surface area contributed by atoms with Crippen molar-refractivity contribution in [2.75, 3.05) is 7.11 Å². The van der Waals surface area contributed by atoms with Crippen LogP contribution in [0.25, 0.3) is 6.08 Å². The molecule has 0 spiro atoms. The van der Waals surface area contributed by atoms with Gasteiger partial charge in [-0.05, 0) is 94.9 Å². The van der Waals surface area contributed by atoms with E-state index < -0.39 is 11.9 Å². The lowest BCUT2D eigenvalue weighted by Gasteiger charge is -2.12. The SMILES string of the molecule is COc1cc(/C=C2\N=C(c3ccc(Br)cc3)OC2=O)cc(I)c1OC(=O)c1ccc(Cl)cc1. The predicted octanol–water partition coefficient (Wildman–Crippen LogP) is 6.28. The molecule has 1 aliphatic rings. The first-order valence-corrected chi connectivity index (χ1v) is 11.7. The summed E-state index contributed by atoms with van der Waals surface area (Å²) < 4.78 is 17.8. The van der Waals surface area contributed by atoms with E-state index in [1.165, 1.54) is 7.11 Å². The normalized spacial score (nSPS) is 14.1. The summed E-state index contributed by atoms with van der Waals surface area (Å²) in [6.07, 6.45) is 1.59. The lowest BCUT2D eigenvalue weighted by Crippen LogP contribution is -2.10. The van der Waals surface area contributed by atoms with Crippen molar-refractivity contribution >= 4 is 74.0 Å². The molecule has 4 rings (SSSR count). The number of cyclic esters (lactones) is 1. The van der Waals surface area contributed by atoms with Gasteiger partial charge in [0.15, 0.2) is 17.2 Å². The van der Waals surface area contributed by atoms with Crippen LogP contribution in [0.1, 0.15) is 21.5 Å². The third kappa shape index (κ3) is 5.45. The van der Waals surface area contributed by atoms with Crippen LogP contribution in [-0.2, 0) is 9.53 Å². The van der Waals surface area contributed by atoms with E-state index in [1.54, 1.807) is 54.6 Å². The Morgan fingerprint density at radius 3 is 2.48 bits per heavy atom. The van der Waals surface area contributed by atoms with E-state index in [4.69, 9.17) is 25.8 Å². The number of nitrogens with zero attached hydrogens (tertiary/aromatic N) is 1. The number of carbonyl (C=O) groups is 2. The predicted molar refractivity (Wildman–Crippen MR) is 137 cm³/mol. The fraction of sp³-hybridized carbons (Fsp3) is 0.0417. The Labute approximate surface area is 216 Å². The number of hydrogen-bond donors (Lipinski definition) is 0. The Hall–Kier alpha value is -2.69. The highest BCUT2D eigenvalue weighted by Gasteiger charge is 2.25. The summed E-state index contributed by atoms with van der Waals surface area (Å²) in [5, 5.41) is 0.521. The minimum atomic E-state index is -0.555. The van der Waals surface area contributed by atoms with Crippen molar-refractivity contribution in [1.82, 2.24) is 0 Å². The second-order valence-electron chi connectivity index (χ2n) is 6.77. The van der Waals surface area contributed by atoms with Crippen LogP contribution in [0.15, 0.2) is 75.8 Å². The van der Waals surface area contributed by atoms with Crippen molar-refractivity contribution in [2.45, 2.75) is 0 Å². The lowest BCUT2D eigenvalue weighted by molar-refractivity contribution is -0.129. The van der Waals surface area contributed by atoms with Crippen LogP contribution >= 0.6 is 50.1 Å². The minimum absolute atomic E-state index is 0.150. The highest BCUT2D eigenvalue weighted by molar-refractivity contribution is 14.1. The molecule has 0 aromatic heterocycles. The Morgan fingerprint density at radius 2 is 1.82 bits per heavy atom. The Morgan fingerprint density at radius 1 is 1.12 bits per heavy atom. The summed E-state index contributed by atoms with van der Waals surface area (Å²) in [6, 6.07) is 17.1. The van der Waals surface area contributed by atoms with Crippen LogP contribution in [0.5, 0.6) is 11.5 Å². The van der Waals surface area contributed by atoms with Crippen molar-refractivity contribution in [2.24, 2.45) is 4.99 Å². The van der Waals surface area contributed by atoms with Crippen LogP contribution in [0.4, 0.5) is 0 Å². The molecular weight excluding hydrogens is 625 g/mol. The molecule has 1 heterocycles. The van der Waals surface area contributed by atoms with Crippen LogP contribution < -0.4 is 9.47 Å². The van der Waals surface area contributed by atoms with Gasteiger partial charge < -0.3 is 14.2 Å². The maximum absolute atomic E-state index is 12.5. The molecule has 0 atom stereocenters.